The molecule has 2 aromatic rings. The van der Waals surface area contributed by atoms with Crippen LogP contribution in [-0.2, 0) is 16.4 Å². The molecule has 1 amide bonds. The molecule has 0 aliphatic carbocycles. The number of carbonyl (C=O) groups excluding carboxylic acids is 1. The summed E-state index contributed by atoms with van der Waals surface area (Å²) in [5.41, 5.74) is 2.99. The summed E-state index contributed by atoms with van der Waals surface area (Å²) in [4.78, 5) is 14.8. The number of nitrogens with one attached hydrogen (secondary N) is 2. The summed E-state index contributed by atoms with van der Waals surface area (Å²) in [5.74, 6) is -0.266. The fourth-order valence-electron chi connectivity index (χ4n) is 3.45. The van der Waals surface area contributed by atoms with Gasteiger partial charge in [-0.2, -0.15) is 0 Å². The van der Waals surface area contributed by atoms with Gasteiger partial charge in [0.15, 0.2) is 0 Å². The van der Waals surface area contributed by atoms with E-state index in [1.54, 1.807) is 12.1 Å². The standard InChI is InChI=1S/C20H25N3O3S/c1-15-13-16-7-3-4-10-19(16)23(15)12-6-11-22-20(24)17-8-5-9-18(14-17)27(25,26)21-2/h3-5,7-10,14-15,21H,6,11-13H2,1-2H3,(H,22,24)/t15-/m0/s1. The molecule has 1 heterocycles. The van der Waals surface area contributed by atoms with Crippen molar-refractivity contribution in [3.05, 3.63) is 59.7 Å². The normalized spacial score (nSPS) is 16.2. The van der Waals surface area contributed by atoms with Gasteiger partial charge in [0.05, 0.1) is 4.90 Å². The molecule has 1 atom stereocenters. The highest BCUT2D eigenvalue weighted by molar-refractivity contribution is 7.89. The second-order valence-corrected chi connectivity index (χ2v) is 8.61. The van der Waals surface area contributed by atoms with Gasteiger partial charge in [0.25, 0.3) is 5.91 Å². The lowest BCUT2D eigenvalue weighted by atomic mass is 10.1. The van der Waals surface area contributed by atoms with Crippen molar-refractivity contribution in [3.63, 3.8) is 0 Å². The van der Waals surface area contributed by atoms with Crippen molar-refractivity contribution in [3.8, 4) is 0 Å². The Bertz CT molecular complexity index is 928. The molecule has 2 N–H and O–H groups in total. The van der Waals surface area contributed by atoms with Gasteiger partial charge in [-0.15, -0.1) is 0 Å². The molecule has 1 aliphatic rings. The number of benzene rings is 2. The summed E-state index contributed by atoms with van der Waals surface area (Å²) in [6.45, 7) is 3.62. The molecular weight excluding hydrogens is 362 g/mol. The number of sulfonamides is 1. The number of carbonyl (C=O) groups is 1. The van der Waals surface area contributed by atoms with Crippen molar-refractivity contribution in [1.29, 1.82) is 0 Å². The van der Waals surface area contributed by atoms with E-state index in [-0.39, 0.29) is 10.8 Å². The van der Waals surface area contributed by atoms with Gasteiger partial charge in [0.2, 0.25) is 10.0 Å². The highest BCUT2D eigenvalue weighted by Gasteiger charge is 2.24. The quantitative estimate of drug-likeness (QED) is 0.714. The smallest absolute Gasteiger partial charge is 0.251 e. The minimum absolute atomic E-state index is 0.0835. The predicted octanol–water partition coefficient (Wildman–Crippen LogP) is 2.17. The summed E-state index contributed by atoms with van der Waals surface area (Å²) < 4.78 is 26.0. The Morgan fingerprint density at radius 3 is 2.74 bits per heavy atom. The molecule has 27 heavy (non-hydrogen) atoms. The summed E-state index contributed by atoms with van der Waals surface area (Å²) in [6.07, 6.45) is 1.87. The molecule has 0 spiro atoms. The minimum atomic E-state index is -3.56. The Hall–Kier alpha value is -2.38. The lowest BCUT2D eigenvalue weighted by molar-refractivity contribution is 0.0953. The maximum atomic E-state index is 12.3. The third kappa shape index (κ3) is 4.31. The zero-order valence-corrected chi connectivity index (χ0v) is 16.4. The van der Waals surface area contributed by atoms with Crippen molar-refractivity contribution in [1.82, 2.24) is 10.0 Å². The average Bonchev–Trinajstić information content (AvgIpc) is 3.00. The average molecular weight is 388 g/mol. The Morgan fingerprint density at radius 1 is 1.19 bits per heavy atom. The third-order valence-corrected chi connectivity index (χ3v) is 6.30. The first-order valence-corrected chi connectivity index (χ1v) is 10.6. The first kappa shape index (κ1) is 19.4. The molecule has 144 valence electrons. The highest BCUT2D eigenvalue weighted by atomic mass is 32.2. The number of fused-ring (bicyclic) bond motifs is 1. The Labute approximate surface area is 160 Å². The highest BCUT2D eigenvalue weighted by Crippen LogP contribution is 2.31. The van der Waals surface area contributed by atoms with E-state index in [0.717, 1.165) is 19.4 Å². The molecule has 3 rings (SSSR count). The van der Waals surface area contributed by atoms with Crippen LogP contribution in [0.15, 0.2) is 53.4 Å². The van der Waals surface area contributed by atoms with E-state index in [2.05, 4.69) is 46.1 Å². The van der Waals surface area contributed by atoms with Crippen molar-refractivity contribution >= 4 is 21.6 Å². The molecule has 0 saturated heterocycles. The van der Waals surface area contributed by atoms with E-state index in [0.29, 0.717) is 18.2 Å². The molecule has 2 aromatic carbocycles. The van der Waals surface area contributed by atoms with Crippen molar-refractivity contribution in [2.75, 3.05) is 25.0 Å². The van der Waals surface area contributed by atoms with Gasteiger partial charge < -0.3 is 10.2 Å². The van der Waals surface area contributed by atoms with E-state index in [1.165, 1.54) is 30.4 Å². The number of rotatable bonds is 7. The van der Waals surface area contributed by atoms with Crippen LogP contribution < -0.4 is 14.9 Å². The van der Waals surface area contributed by atoms with Gasteiger partial charge in [0, 0.05) is 30.4 Å². The Morgan fingerprint density at radius 2 is 1.96 bits per heavy atom. The maximum Gasteiger partial charge on any atom is 0.251 e. The summed E-state index contributed by atoms with van der Waals surface area (Å²) in [6, 6.07) is 14.9. The van der Waals surface area contributed by atoms with E-state index in [1.807, 2.05) is 0 Å². The molecule has 0 unspecified atom stereocenters. The van der Waals surface area contributed by atoms with Crippen LogP contribution in [0.5, 0.6) is 0 Å². The van der Waals surface area contributed by atoms with Crippen LogP contribution in [-0.4, -0.2) is 40.5 Å². The topological polar surface area (TPSA) is 78.5 Å². The van der Waals surface area contributed by atoms with Crippen LogP contribution in [0.3, 0.4) is 0 Å². The number of hydrogen-bond acceptors (Lipinski definition) is 4. The molecule has 0 saturated carbocycles. The Kier molecular flexibility index (Phi) is 5.82. The fourth-order valence-corrected chi connectivity index (χ4v) is 4.22. The van der Waals surface area contributed by atoms with Crippen LogP contribution in [0.2, 0.25) is 0 Å². The van der Waals surface area contributed by atoms with Gasteiger partial charge in [-0.25, -0.2) is 13.1 Å². The minimum Gasteiger partial charge on any atom is -0.368 e. The number of anilines is 1. The first-order chi connectivity index (χ1) is 12.9. The van der Waals surface area contributed by atoms with Gasteiger partial charge in [-0.1, -0.05) is 24.3 Å². The molecule has 1 aliphatic heterocycles. The maximum absolute atomic E-state index is 12.3. The van der Waals surface area contributed by atoms with Crippen LogP contribution in [0.25, 0.3) is 0 Å². The molecule has 0 radical (unpaired) electrons. The number of amides is 1. The zero-order chi connectivity index (χ0) is 19.4. The molecular formula is C20H25N3O3S. The van der Waals surface area contributed by atoms with Crippen LogP contribution >= 0.6 is 0 Å². The third-order valence-electron chi connectivity index (χ3n) is 4.89. The second-order valence-electron chi connectivity index (χ2n) is 6.72. The SMILES string of the molecule is CNS(=O)(=O)c1cccc(C(=O)NCCCN2c3ccccc3C[C@@H]2C)c1. The summed E-state index contributed by atoms with van der Waals surface area (Å²) in [7, 11) is -2.21. The molecule has 0 bridgehead atoms. The van der Waals surface area contributed by atoms with Gasteiger partial charge in [0.1, 0.15) is 0 Å². The van der Waals surface area contributed by atoms with Gasteiger partial charge in [-0.05, 0) is 56.6 Å². The Balaban J connectivity index is 1.54. The number of nitrogens with zero attached hydrogens (tertiary/aromatic N) is 1. The number of hydrogen-bond donors (Lipinski definition) is 2. The zero-order valence-electron chi connectivity index (χ0n) is 15.6. The molecule has 6 nitrogen and oxygen atoms in total. The fraction of sp³-hybridized carbons (Fsp3) is 0.350. The van der Waals surface area contributed by atoms with Crippen molar-refractivity contribution in [2.45, 2.75) is 30.7 Å². The molecule has 7 heteroatoms. The van der Waals surface area contributed by atoms with Crippen LogP contribution in [0.1, 0.15) is 29.3 Å². The predicted molar refractivity (Wildman–Crippen MR) is 107 cm³/mol. The van der Waals surface area contributed by atoms with Gasteiger partial charge >= 0.3 is 0 Å². The molecule has 0 aromatic heterocycles. The van der Waals surface area contributed by atoms with Crippen molar-refractivity contribution in [2.24, 2.45) is 0 Å². The number of para-hydroxylation sites is 1. The second kappa shape index (κ2) is 8.10. The largest absolute Gasteiger partial charge is 0.368 e. The molecule has 0 fully saturated rings. The lowest BCUT2D eigenvalue weighted by Crippen LogP contribution is -2.33. The van der Waals surface area contributed by atoms with E-state index < -0.39 is 10.0 Å². The summed E-state index contributed by atoms with van der Waals surface area (Å²) in [5, 5.41) is 2.88. The summed E-state index contributed by atoms with van der Waals surface area (Å²) >= 11 is 0. The van der Waals surface area contributed by atoms with E-state index >= 15 is 0 Å². The monoisotopic (exact) mass is 387 g/mol. The van der Waals surface area contributed by atoms with Crippen molar-refractivity contribution < 1.29 is 13.2 Å². The van der Waals surface area contributed by atoms with E-state index in [4.69, 9.17) is 0 Å². The van der Waals surface area contributed by atoms with Crippen LogP contribution in [0.4, 0.5) is 5.69 Å². The van der Waals surface area contributed by atoms with Gasteiger partial charge in [-0.3, -0.25) is 4.79 Å². The van der Waals surface area contributed by atoms with Crippen LogP contribution in [0, 0.1) is 0 Å². The first-order valence-electron chi connectivity index (χ1n) is 9.09. The lowest BCUT2D eigenvalue weighted by Gasteiger charge is -2.24. The van der Waals surface area contributed by atoms with E-state index in [9.17, 15) is 13.2 Å².